The Morgan fingerprint density at radius 1 is 1.06 bits per heavy atom. The van der Waals surface area contributed by atoms with Crippen LogP contribution in [0.3, 0.4) is 0 Å². The molecule has 0 spiro atoms. The molecule has 2 heteroatoms. The van der Waals surface area contributed by atoms with E-state index >= 15 is 0 Å². The van der Waals surface area contributed by atoms with Gasteiger partial charge in [0.25, 0.3) is 0 Å². The molecule has 1 aliphatic carbocycles. The first-order chi connectivity index (χ1) is 8.70. The fourth-order valence-electron chi connectivity index (χ4n) is 2.83. The Morgan fingerprint density at radius 2 is 1.83 bits per heavy atom. The van der Waals surface area contributed by atoms with Crippen molar-refractivity contribution < 1.29 is 5.11 Å². The van der Waals surface area contributed by atoms with Crippen molar-refractivity contribution >= 4 is 11.6 Å². The molecule has 92 valence electrons. The summed E-state index contributed by atoms with van der Waals surface area (Å²) in [6, 6.07) is 15.7. The number of hydrogen-bond donors (Lipinski definition) is 1. The Bertz CT molecular complexity index is 565. The first-order valence-corrected chi connectivity index (χ1v) is 6.65. The van der Waals surface area contributed by atoms with Crippen LogP contribution in [-0.4, -0.2) is 5.11 Å². The first-order valence-electron chi connectivity index (χ1n) is 6.27. The van der Waals surface area contributed by atoms with Gasteiger partial charge in [0.15, 0.2) is 0 Å². The highest BCUT2D eigenvalue weighted by atomic mass is 35.5. The molecule has 0 aromatic heterocycles. The molecule has 2 aromatic rings. The van der Waals surface area contributed by atoms with Crippen LogP contribution in [0.4, 0.5) is 0 Å². The number of aryl methyl sites for hydroxylation is 1. The smallest absolute Gasteiger partial charge is 0.115 e. The van der Waals surface area contributed by atoms with Crippen LogP contribution in [0.25, 0.3) is 0 Å². The zero-order chi connectivity index (χ0) is 12.6. The summed E-state index contributed by atoms with van der Waals surface area (Å²) in [6.07, 6.45) is 2.77. The summed E-state index contributed by atoms with van der Waals surface area (Å²) in [5, 5.41) is 11.7. The summed E-state index contributed by atoms with van der Waals surface area (Å²) in [7, 11) is 0. The fraction of sp³-hybridized carbons (Fsp3) is 0.250. The van der Waals surface area contributed by atoms with Gasteiger partial charge < -0.3 is 5.11 Å². The minimum absolute atomic E-state index is 0.685. The highest BCUT2D eigenvalue weighted by Gasteiger charge is 2.35. The lowest BCUT2D eigenvalue weighted by Crippen LogP contribution is -2.31. The van der Waals surface area contributed by atoms with Gasteiger partial charge in [-0.25, -0.2) is 0 Å². The van der Waals surface area contributed by atoms with Crippen LogP contribution in [0.2, 0.25) is 5.02 Å². The first kappa shape index (κ1) is 11.8. The van der Waals surface area contributed by atoms with Crippen molar-refractivity contribution in [3.05, 3.63) is 70.2 Å². The molecule has 0 bridgehead atoms. The minimum Gasteiger partial charge on any atom is -0.380 e. The minimum atomic E-state index is -0.889. The van der Waals surface area contributed by atoms with Gasteiger partial charge in [-0.1, -0.05) is 48.0 Å². The highest BCUT2D eigenvalue weighted by Crippen LogP contribution is 2.41. The highest BCUT2D eigenvalue weighted by molar-refractivity contribution is 6.30. The van der Waals surface area contributed by atoms with Gasteiger partial charge in [-0.3, -0.25) is 0 Å². The van der Waals surface area contributed by atoms with Crippen molar-refractivity contribution in [2.24, 2.45) is 0 Å². The Labute approximate surface area is 112 Å². The molecule has 3 rings (SSSR count). The quantitative estimate of drug-likeness (QED) is 0.822. The molecule has 18 heavy (non-hydrogen) atoms. The van der Waals surface area contributed by atoms with E-state index in [-0.39, 0.29) is 0 Å². The standard InChI is InChI=1S/C16H15ClO/c17-14-9-8-12-5-4-10-16(18,15(12)11-14)13-6-2-1-3-7-13/h1-3,6-9,11,18H,4-5,10H2/t16-/m0/s1. The van der Waals surface area contributed by atoms with Crippen LogP contribution in [0.5, 0.6) is 0 Å². The van der Waals surface area contributed by atoms with E-state index < -0.39 is 5.60 Å². The molecule has 1 nitrogen and oxygen atoms in total. The molecule has 1 N–H and O–H groups in total. The zero-order valence-corrected chi connectivity index (χ0v) is 10.8. The van der Waals surface area contributed by atoms with E-state index in [1.807, 2.05) is 48.5 Å². The normalized spacial score (nSPS) is 22.6. The molecule has 0 saturated carbocycles. The molecular weight excluding hydrogens is 244 g/mol. The van der Waals surface area contributed by atoms with Crippen LogP contribution >= 0.6 is 11.6 Å². The predicted octanol–water partition coefficient (Wildman–Crippen LogP) is 3.91. The third-order valence-corrected chi connectivity index (χ3v) is 3.99. The molecule has 0 radical (unpaired) electrons. The van der Waals surface area contributed by atoms with Crippen LogP contribution in [0.1, 0.15) is 29.5 Å². The number of hydrogen-bond acceptors (Lipinski definition) is 1. The van der Waals surface area contributed by atoms with E-state index in [1.165, 1.54) is 5.56 Å². The van der Waals surface area contributed by atoms with Gasteiger partial charge in [-0.2, -0.15) is 0 Å². The third-order valence-electron chi connectivity index (χ3n) is 3.75. The Balaban J connectivity index is 2.18. The lowest BCUT2D eigenvalue weighted by molar-refractivity contribution is 0.0616. The average molecular weight is 259 g/mol. The number of aliphatic hydroxyl groups is 1. The summed E-state index contributed by atoms with van der Waals surface area (Å²) in [5.41, 5.74) is 2.23. The molecule has 1 aliphatic rings. The van der Waals surface area contributed by atoms with Gasteiger partial charge in [0, 0.05) is 5.02 Å². The predicted molar refractivity (Wildman–Crippen MR) is 73.8 cm³/mol. The van der Waals surface area contributed by atoms with Crippen molar-refractivity contribution in [1.29, 1.82) is 0 Å². The van der Waals surface area contributed by atoms with Gasteiger partial charge in [0.2, 0.25) is 0 Å². The van der Waals surface area contributed by atoms with Crippen molar-refractivity contribution in [1.82, 2.24) is 0 Å². The van der Waals surface area contributed by atoms with Crippen molar-refractivity contribution in [3.63, 3.8) is 0 Å². The Hall–Kier alpha value is -1.31. The van der Waals surface area contributed by atoms with E-state index in [0.717, 1.165) is 30.4 Å². The number of rotatable bonds is 1. The molecule has 1 atom stereocenters. The Morgan fingerprint density at radius 3 is 2.61 bits per heavy atom. The second-order valence-electron chi connectivity index (χ2n) is 4.88. The van der Waals surface area contributed by atoms with Crippen molar-refractivity contribution in [2.75, 3.05) is 0 Å². The lowest BCUT2D eigenvalue weighted by atomic mass is 9.75. The molecule has 0 amide bonds. The zero-order valence-electron chi connectivity index (χ0n) is 10.1. The Kier molecular flexibility index (Phi) is 2.89. The van der Waals surface area contributed by atoms with E-state index in [1.54, 1.807) is 0 Å². The van der Waals surface area contributed by atoms with E-state index in [4.69, 9.17) is 11.6 Å². The van der Waals surface area contributed by atoms with Crippen LogP contribution in [-0.2, 0) is 12.0 Å². The van der Waals surface area contributed by atoms with Crippen molar-refractivity contribution in [3.8, 4) is 0 Å². The maximum atomic E-state index is 11.1. The largest absolute Gasteiger partial charge is 0.380 e. The number of halogens is 1. The van der Waals surface area contributed by atoms with E-state index in [9.17, 15) is 5.11 Å². The molecule has 2 aromatic carbocycles. The van der Waals surface area contributed by atoms with Gasteiger partial charge >= 0.3 is 0 Å². The van der Waals surface area contributed by atoms with Gasteiger partial charge in [0.05, 0.1) is 0 Å². The lowest BCUT2D eigenvalue weighted by Gasteiger charge is -2.35. The number of benzene rings is 2. The molecular formula is C16H15ClO. The van der Waals surface area contributed by atoms with Crippen LogP contribution < -0.4 is 0 Å². The SMILES string of the molecule is O[C@]1(c2ccccc2)CCCc2ccc(Cl)cc21. The summed E-state index contributed by atoms with van der Waals surface area (Å²) >= 11 is 6.08. The summed E-state index contributed by atoms with van der Waals surface area (Å²) in [4.78, 5) is 0. The topological polar surface area (TPSA) is 20.2 Å². The van der Waals surface area contributed by atoms with Gasteiger partial charge in [-0.05, 0) is 48.1 Å². The molecule has 0 heterocycles. The van der Waals surface area contributed by atoms with Crippen LogP contribution in [0.15, 0.2) is 48.5 Å². The monoisotopic (exact) mass is 258 g/mol. The second kappa shape index (κ2) is 4.42. The van der Waals surface area contributed by atoms with Gasteiger partial charge in [-0.15, -0.1) is 0 Å². The molecule has 0 unspecified atom stereocenters. The van der Waals surface area contributed by atoms with Gasteiger partial charge in [0.1, 0.15) is 5.60 Å². The van der Waals surface area contributed by atoms with E-state index in [0.29, 0.717) is 5.02 Å². The van der Waals surface area contributed by atoms with Crippen molar-refractivity contribution in [2.45, 2.75) is 24.9 Å². The fourth-order valence-corrected chi connectivity index (χ4v) is 3.01. The maximum absolute atomic E-state index is 11.1. The molecule has 0 aliphatic heterocycles. The molecule has 0 fully saturated rings. The summed E-state index contributed by atoms with van der Waals surface area (Å²) < 4.78 is 0. The second-order valence-corrected chi connectivity index (χ2v) is 5.32. The third kappa shape index (κ3) is 1.84. The summed E-state index contributed by atoms with van der Waals surface area (Å²) in [6.45, 7) is 0. The maximum Gasteiger partial charge on any atom is 0.115 e. The van der Waals surface area contributed by atoms with E-state index in [2.05, 4.69) is 0 Å². The summed E-state index contributed by atoms with van der Waals surface area (Å²) in [5.74, 6) is 0. The van der Waals surface area contributed by atoms with Crippen LogP contribution in [0, 0.1) is 0 Å². The molecule has 0 saturated heterocycles. The number of fused-ring (bicyclic) bond motifs is 1. The average Bonchev–Trinajstić information content (AvgIpc) is 2.41.